The topological polar surface area (TPSA) is 92.3 Å². The molecule has 2 unspecified atom stereocenters. The maximum absolute atomic E-state index is 13.1. The summed E-state index contributed by atoms with van der Waals surface area (Å²) >= 11 is 0. The molecule has 1 aliphatic carbocycles. The second kappa shape index (κ2) is 12.5. The van der Waals surface area contributed by atoms with Gasteiger partial charge in [0.1, 0.15) is 11.9 Å². The van der Waals surface area contributed by atoms with Crippen molar-refractivity contribution in [1.82, 2.24) is 15.6 Å². The van der Waals surface area contributed by atoms with E-state index in [1.165, 1.54) is 31.2 Å². The van der Waals surface area contributed by atoms with Gasteiger partial charge in [0.2, 0.25) is 5.91 Å². The van der Waals surface area contributed by atoms with E-state index in [9.17, 15) is 9.59 Å². The summed E-state index contributed by atoms with van der Waals surface area (Å²) in [6, 6.07) is 3.87. The molecule has 2 aliphatic heterocycles. The molecule has 3 aliphatic rings. The number of hydrogen-bond donors (Lipinski definition) is 3. The van der Waals surface area contributed by atoms with Crippen LogP contribution < -0.4 is 16.0 Å². The molecule has 1 aromatic rings. The molecule has 188 valence electrons. The summed E-state index contributed by atoms with van der Waals surface area (Å²) in [6.07, 6.45) is 12.8. The maximum Gasteiger partial charge on any atom is 0.328 e. The lowest BCUT2D eigenvalue weighted by molar-refractivity contribution is -0.147. The SMILES string of the molecule is COC(=O)[C@H](CCCCCCCc1ccc2c(n1)NCCC2)NC(=O)C1C2CCCC1CNC2. The lowest BCUT2D eigenvalue weighted by Crippen LogP contribution is -2.54. The van der Waals surface area contributed by atoms with Crippen LogP contribution in [0.1, 0.15) is 75.5 Å². The lowest BCUT2D eigenvalue weighted by Gasteiger charge is -2.42. The fourth-order valence-corrected chi connectivity index (χ4v) is 6.08. The number of methoxy groups -OCH3 is 1. The van der Waals surface area contributed by atoms with Gasteiger partial charge in [0, 0.05) is 18.2 Å². The lowest BCUT2D eigenvalue weighted by atomic mass is 9.69. The first kappa shape index (κ1) is 25.0. The van der Waals surface area contributed by atoms with E-state index < -0.39 is 6.04 Å². The molecule has 0 aromatic carbocycles. The van der Waals surface area contributed by atoms with Gasteiger partial charge in [0.25, 0.3) is 0 Å². The zero-order valence-corrected chi connectivity index (χ0v) is 20.7. The van der Waals surface area contributed by atoms with E-state index in [2.05, 4.69) is 28.1 Å². The summed E-state index contributed by atoms with van der Waals surface area (Å²) in [4.78, 5) is 30.2. The first-order valence-electron chi connectivity index (χ1n) is 13.5. The van der Waals surface area contributed by atoms with E-state index in [0.29, 0.717) is 18.3 Å². The van der Waals surface area contributed by atoms with E-state index >= 15 is 0 Å². The molecule has 1 aromatic heterocycles. The third-order valence-electron chi connectivity index (χ3n) is 7.96. The Balaban J connectivity index is 1.15. The molecule has 3 atom stereocenters. The van der Waals surface area contributed by atoms with Gasteiger partial charge in [-0.1, -0.05) is 38.2 Å². The summed E-state index contributed by atoms with van der Waals surface area (Å²) in [5.41, 5.74) is 2.51. The zero-order valence-electron chi connectivity index (χ0n) is 20.7. The molecule has 4 rings (SSSR count). The molecule has 34 heavy (non-hydrogen) atoms. The quantitative estimate of drug-likeness (QED) is 0.338. The molecule has 7 nitrogen and oxygen atoms in total. The van der Waals surface area contributed by atoms with Gasteiger partial charge in [-0.25, -0.2) is 9.78 Å². The van der Waals surface area contributed by atoms with Crippen molar-refractivity contribution in [3.63, 3.8) is 0 Å². The second-order valence-electron chi connectivity index (χ2n) is 10.4. The highest BCUT2D eigenvalue weighted by Gasteiger charge is 2.41. The number of unbranched alkanes of at least 4 members (excludes halogenated alkanes) is 4. The number of aromatic nitrogens is 1. The predicted octanol–water partition coefficient (Wildman–Crippen LogP) is 3.62. The van der Waals surface area contributed by atoms with Crippen molar-refractivity contribution >= 4 is 17.7 Å². The summed E-state index contributed by atoms with van der Waals surface area (Å²) in [7, 11) is 1.41. The number of carbonyl (C=O) groups excluding carboxylic acids is 2. The number of ether oxygens (including phenoxy) is 1. The molecular weight excluding hydrogens is 428 g/mol. The van der Waals surface area contributed by atoms with Gasteiger partial charge in [0.15, 0.2) is 0 Å². The van der Waals surface area contributed by atoms with E-state index in [1.807, 2.05) is 0 Å². The van der Waals surface area contributed by atoms with Gasteiger partial charge in [0.05, 0.1) is 7.11 Å². The number of aryl methyl sites for hydroxylation is 2. The molecule has 0 spiro atoms. The Kier molecular flexibility index (Phi) is 9.19. The van der Waals surface area contributed by atoms with E-state index in [1.54, 1.807) is 0 Å². The molecule has 0 radical (unpaired) electrons. The molecular formula is C27H42N4O3. The fourth-order valence-electron chi connectivity index (χ4n) is 6.08. The van der Waals surface area contributed by atoms with Crippen molar-refractivity contribution in [2.75, 3.05) is 32.1 Å². The van der Waals surface area contributed by atoms with Crippen LogP contribution in [0.2, 0.25) is 0 Å². The number of hydrogen-bond acceptors (Lipinski definition) is 6. The van der Waals surface area contributed by atoms with Gasteiger partial charge in [-0.3, -0.25) is 4.79 Å². The first-order valence-corrected chi connectivity index (χ1v) is 13.5. The smallest absolute Gasteiger partial charge is 0.328 e. The number of piperidine rings is 1. The van der Waals surface area contributed by atoms with Gasteiger partial charge in [-0.15, -0.1) is 0 Å². The normalized spacial score (nSPS) is 24.4. The van der Waals surface area contributed by atoms with Crippen LogP contribution in [0.3, 0.4) is 0 Å². The Morgan fingerprint density at radius 3 is 2.65 bits per heavy atom. The highest BCUT2D eigenvalue weighted by Crippen LogP contribution is 2.37. The minimum atomic E-state index is -0.527. The molecule has 7 heteroatoms. The van der Waals surface area contributed by atoms with Crippen LogP contribution in [-0.2, 0) is 27.2 Å². The maximum atomic E-state index is 13.1. The zero-order chi connectivity index (χ0) is 23.8. The predicted molar refractivity (Wildman–Crippen MR) is 134 cm³/mol. The molecule has 1 saturated heterocycles. The number of anilines is 1. The second-order valence-corrected chi connectivity index (χ2v) is 10.4. The van der Waals surface area contributed by atoms with Crippen LogP contribution >= 0.6 is 0 Å². The summed E-state index contributed by atoms with van der Waals surface area (Å²) in [5.74, 6) is 1.64. The van der Waals surface area contributed by atoms with Crippen molar-refractivity contribution < 1.29 is 14.3 Å². The fraction of sp³-hybridized carbons (Fsp3) is 0.741. The van der Waals surface area contributed by atoms with Crippen LogP contribution in [0.25, 0.3) is 0 Å². The van der Waals surface area contributed by atoms with Crippen molar-refractivity contribution in [2.24, 2.45) is 17.8 Å². The van der Waals surface area contributed by atoms with Gasteiger partial charge in [-0.2, -0.15) is 0 Å². The van der Waals surface area contributed by atoms with Crippen LogP contribution in [0.5, 0.6) is 0 Å². The Morgan fingerprint density at radius 2 is 1.85 bits per heavy atom. The number of carbonyl (C=O) groups is 2. The third-order valence-corrected chi connectivity index (χ3v) is 7.96. The molecule has 3 N–H and O–H groups in total. The Hall–Kier alpha value is -2.15. The van der Waals surface area contributed by atoms with Crippen molar-refractivity contribution in [1.29, 1.82) is 0 Å². The molecule has 3 heterocycles. The highest BCUT2D eigenvalue weighted by atomic mass is 16.5. The van der Waals surface area contributed by atoms with Crippen molar-refractivity contribution in [3.05, 3.63) is 23.4 Å². The number of nitrogens with one attached hydrogen (secondary N) is 3. The molecule has 1 saturated carbocycles. The number of amides is 1. The Morgan fingerprint density at radius 1 is 1.09 bits per heavy atom. The van der Waals surface area contributed by atoms with E-state index in [0.717, 1.165) is 83.2 Å². The number of pyridine rings is 1. The number of esters is 1. The summed E-state index contributed by atoms with van der Waals surface area (Å²) in [5, 5.41) is 9.93. The van der Waals surface area contributed by atoms with Crippen LogP contribution in [0.15, 0.2) is 12.1 Å². The van der Waals surface area contributed by atoms with Gasteiger partial charge < -0.3 is 20.7 Å². The average molecular weight is 471 g/mol. The summed E-state index contributed by atoms with van der Waals surface area (Å²) < 4.78 is 5.00. The van der Waals surface area contributed by atoms with Crippen LogP contribution in [0.4, 0.5) is 5.82 Å². The number of rotatable bonds is 11. The van der Waals surface area contributed by atoms with E-state index in [-0.39, 0.29) is 17.8 Å². The Bertz CT molecular complexity index is 808. The standard InChI is InChI=1S/C27H42N4O3/c1-34-27(33)23(31-26(32)24-20-9-7-10-21(24)18-28-17-20)13-6-4-2-3-5-12-22-15-14-19-11-8-16-29-25(19)30-22/h14-15,20-21,23-24,28H,2-13,16-18H2,1H3,(H,29,30)(H,31,32)/t20?,21?,23-,24?/m0/s1. The minimum Gasteiger partial charge on any atom is -0.467 e. The highest BCUT2D eigenvalue weighted by molar-refractivity contribution is 5.86. The first-order chi connectivity index (χ1) is 16.7. The largest absolute Gasteiger partial charge is 0.467 e. The minimum absolute atomic E-state index is 0.0366. The van der Waals surface area contributed by atoms with Crippen molar-refractivity contribution in [2.45, 2.75) is 83.1 Å². The molecule has 2 fully saturated rings. The number of fused-ring (bicyclic) bond motifs is 3. The molecule has 1 amide bonds. The van der Waals surface area contributed by atoms with Crippen molar-refractivity contribution in [3.8, 4) is 0 Å². The monoisotopic (exact) mass is 470 g/mol. The average Bonchev–Trinajstić information content (AvgIpc) is 2.86. The number of nitrogens with zero attached hydrogens (tertiary/aromatic N) is 1. The van der Waals surface area contributed by atoms with Gasteiger partial charge in [-0.05, 0) is 81.5 Å². The van der Waals surface area contributed by atoms with Crippen LogP contribution in [-0.4, -0.2) is 49.6 Å². The molecule has 2 bridgehead atoms. The van der Waals surface area contributed by atoms with E-state index in [4.69, 9.17) is 9.72 Å². The third kappa shape index (κ3) is 6.49. The summed E-state index contributed by atoms with van der Waals surface area (Å²) in [6.45, 7) is 2.85. The van der Waals surface area contributed by atoms with Crippen LogP contribution in [0, 0.1) is 17.8 Å². The van der Waals surface area contributed by atoms with Gasteiger partial charge >= 0.3 is 5.97 Å². The Labute approximate surface area is 204 Å².